The molecule has 1 saturated heterocycles. The van der Waals surface area contributed by atoms with Crippen LogP contribution in [0.25, 0.3) is 6.08 Å². The molecule has 4 nitrogen and oxygen atoms in total. The number of methoxy groups -OCH3 is 1. The Morgan fingerprint density at radius 2 is 1.94 bits per heavy atom. The van der Waals surface area contributed by atoms with Gasteiger partial charge < -0.3 is 9.47 Å². The van der Waals surface area contributed by atoms with Crippen molar-refractivity contribution >= 4 is 56.2 Å². The molecule has 1 aliphatic carbocycles. The number of amides is 1. The minimum absolute atomic E-state index is 0.0155. The fourth-order valence-electron chi connectivity index (χ4n) is 4.41. The highest BCUT2D eigenvalue weighted by molar-refractivity contribution is 9.10. The maximum Gasteiger partial charge on any atom is 0.266 e. The number of halogens is 1. The van der Waals surface area contributed by atoms with Gasteiger partial charge in [0.25, 0.3) is 5.91 Å². The lowest BCUT2D eigenvalue weighted by Gasteiger charge is -2.29. The Balaban J connectivity index is 1.59. The molecule has 0 radical (unpaired) electrons. The van der Waals surface area contributed by atoms with E-state index < -0.39 is 0 Å². The number of carbonyl (C=O) groups is 1. The summed E-state index contributed by atoms with van der Waals surface area (Å²) in [5.41, 5.74) is 2.90. The lowest BCUT2D eigenvalue weighted by Crippen LogP contribution is -2.39. The molecule has 178 valence electrons. The number of nitrogens with zero attached hydrogens (tertiary/aromatic N) is 1. The van der Waals surface area contributed by atoms with Crippen LogP contribution in [-0.4, -0.2) is 28.3 Å². The number of carbonyl (C=O) groups excluding carboxylic acids is 1. The van der Waals surface area contributed by atoms with Crippen molar-refractivity contribution in [1.82, 2.24) is 4.90 Å². The molecule has 2 fully saturated rings. The van der Waals surface area contributed by atoms with Crippen molar-refractivity contribution < 1.29 is 14.3 Å². The Bertz CT molecular complexity index is 1110. The molecule has 0 unspecified atom stereocenters. The molecule has 1 heterocycles. The van der Waals surface area contributed by atoms with Crippen LogP contribution in [0.5, 0.6) is 11.5 Å². The summed E-state index contributed by atoms with van der Waals surface area (Å²) in [7, 11) is 1.63. The minimum atomic E-state index is 0.0155. The van der Waals surface area contributed by atoms with Crippen molar-refractivity contribution in [1.29, 1.82) is 0 Å². The molecule has 0 N–H and O–H groups in total. The van der Waals surface area contributed by atoms with E-state index in [0.29, 0.717) is 33.8 Å². The van der Waals surface area contributed by atoms with Crippen LogP contribution in [0.2, 0.25) is 0 Å². The molecule has 0 spiro atoms. The van der Waals surface area contributed by atoms with Crippen LogP contribution in [-0.2, 0) is 17.8 Å². The average molecular weight is 559 g/mol. The normalized spacial score (nSPS) is 17.9. The monoisotopic (exact) mass is 557 g/mol. The van der Waals surface area contributed by atoms with E-state index in [2.05, 4.69) is 22.5 Å². The molecular formula is C27H28BrNO3S2. The number of thioether (sulfide) groups is 1. The van der Waals surface area contributed by atoms with Crippen LogP contribution < -0.4 is 9.47 Å². The van der Waals surface area contributed by atoms with Gasteiger partial charge in [0.05, 0.1) is 12.0 Å². The van der Waals surface area contributed by atoms with Gasteiger partial charge in [0, 0.05) is 16.1 Å². The summed E-state index contributed by atoms with van der Waals surface area (Å²) in [5.74, 6) is 1.34. The van der Waals surface area contributed by atoms with E-state index in [1.165, 1.54) is 18.2 Å². The van der Waals surface area contributed by atoms with Gasteiger partial charge in [-0.25, -0.2) is 0 Å². The Hall–Kier alpha value is -2.09. The van der Waals surface area contributed by atoms with Crippen LogP contribution in [0, 0.1) is 0 Å². The van der Waals surface area contributed by atoms with Crippen molar-refractivity contribution in [2.75, 3.05) is 7.11 Å². The van der Waals surface area contributed by atoms with Gasteiger partial charge in [0.1, 0.15) is 10.9 Å². The largest absolute Gasteiger partial charge is 0.493 e. The molecule has 0 atom stereocenters. The summed E-state index contributed by atoms with van der Waals surface area (Å²) in [4.78, 5) is 15.7. The van der Waals surface area contributed by atoms with Gasteiger partial charge in [0.15, 0.2) is 11.5 Å². The zero-order chi connectivity index (χ0) is 24.1. The van der Waals surface area contributed by atoms with Crippen LogP contribution in [0.1, 0.15) is 48.8 Å². The summed E-state index contributed by atoms with van der Waals surface area (Å²) in [6.07, 6.45) is 9.99. The number of ether oxygens (including phenoxy) is 2. The summed E-state index contributed by atoms with van der Waals surface area (Å²) in [6, 6.07) is 12.2. The maximum atomic E-state index is 13.2. The molecule has 2 aromatic rings. The lowest BCUT2D eigenvalue weighted by molar-refractivity contribution is -0.124. The molecule has 0 bridgehead atoms. The topological polar surface area (TPSA) is 38.8 Å². The average Bonchev–Trinajstić information content (AvgIpc) is 3.12. The summed E-state index contributed by atoms with van der Waals surface area (Å²) < 4.78 is 13.6. The summed E-state index contributed by atoms with van der Waals surface area (Å²) in [6.45, 7) is 4.32. The van der Waals surface area contributed by atoms with Gasteiger partial charge in [-0.3, -0.25) is 9.69 Å². The SMILES string of the molecule is C=CCc1cc(/C=C2/SC(=S)N(C3CCCCC3)C2=O)cc(OC)c1OCc1ccc(Br)cc1. The minimum Gasteiger partial charge on any atom is -0.493 e. The number of allylic oxidation sites excluding steroid dienone is 1. The lowest BCUT2D eigenvalue weighted by atomic mass is 9.94. The van der Waals surface area contributed by atoms with Crippen molar-refractivity contribution in [3.05, 3.63) is 75.1 Å². The highest BCUT2D eigenvalue weighted by Crippen LogP contribution is 2.39. The molecular weight excluding hydrogens is 530 g/mol. The van der Waals surface area contributed by atoms with Gasteiger partial charge in [-0.15, -0.1) is 6.58 Å². The fourth-order valence-corrected chi connectivity index (χ4v) is 6.08. The first-order valence-electron chi connectivity index (χ1n) is 11.5. The van der Waals surface area contributed by atoms with Crippen LogP contribution in [0.4, 0.5) is 0 Å². The van der Waals surface area contributed by atoms with Crippen LogP contribution in [0.15, 0.2) is 58.4 Å². The predicted octanol–water partition coefficient (Wildman–Crippen LogP) is 7.30. The smallest absolute Gasteiger partial charge is 0.266 e. The van der Waals surface area contributed by atoms with E-state index in [0.717, 1.165) is 46.8 Å². The van der Waals surface area contributed by atoms with Crippen molar-refractivity contribution in [3.63, 3.8) is 0 Å². The highest BCUT2D eigenvalue weighted by atomic mass is 79.9. The van der Waals surface area contributed by atoms with Crippen LogP contribution in [0.3, 0.4) is 0 Å². The third kappa shape index (κ3) is 5.75. The standard InChI is InChI=1S/C27H28BrNO3S2/c1-3-7-20-14-19(15-23(31-2)25(20)32-17-18-10-12-21(28)13-11-18)16-24-26(30)29(27(33)34-24)22-8-5-4-6-9-22/h3,10-16,22H,1,4-9,17H2,2H3/b24-16+. The quantitative estimate of drug-likeness (QED) is 0.193. The van der Waals surface area contributed by atoms with E-state index >= 15 is 0 Å². The molecule has 1 amide bonds. The molecule has 1 aliphatic heterocycles. The molecule has 4 rings (SSSR count). The summed E-state index contributed by atoms with van der Waals surface area (Å²) in [5, 5.41) is 0. The molecule has 1 saturated carbocycles. The maximum absolute atomic E-state index is 13.2. The second-order valence-electron chi connectivity index (χ2n) is 8.46. The van der Waals surface area contributed by atoms with Gasteiger partial charge in [-0.2, -0.15) is 0 Å². The van der Waals surface area contributed by atoms with Crippen molar-refractivity contribution in [3.8, 4) is 11.5 Å². The fraction of sp³-hybridized carbons (Fsp3) is 0.333. The Morgan fingerprint density at radius 3 is 2.62 bits per heavy atom. The predicted molar refractivity (Wildman–Crippen MR) is 147 cm³/mol. The first-order chi connectivity index (χ1) is 16.5. The highest BCUT2D eigenvalue weighted by Gasteiger charge is 2.37. The molecule has 2 aromatic carbocycles. The first-order valence-corrected chi connectivity index (χ1v) is 13.5. The van der Waals surface area contributed by atoms with Gasteiger partial charge in [0.2, 0.25) is 0 Å². The Morgan fingerprint density at radius 1 is 1.21 bits per heavy atom. The van der Waals surface area contributed by atoms with Gasteiger partial charge in [-0.1, -0.05) is 77.4 Å². The third-order valence-electron chi connectivity index (χ3n) is 6.10. The third-order valence-corrected chi connectivity index (χ3v) is 7.95. The van der Waals surface area contributed by atoms with Crippen LogP contribution >= 0.6 is 39.9 Å². The molecule has 0 aromatic heterocycles. The van der Waals surface area contributed by atoms with Crippen molar-refractivity contribution in [2.45, 2.75) is 51.2 Å². The number of thiocarbonyl (C=S) groups is 1. The Labute approximate surface area is 219 Å². The van der Waals surface area contributed by atoms with Gasteiger partial charge >= 0.3 is 0 Å². The second kappa shape index (κ2) is 11.6. The molecule has 7 heteroatoms. The van der Waals surface area contributed by atoms with E-state index in [9.17, 15) is 4.79 Å². The molecule has 34 heavy (non-hydrogen) atoms. The second-order valence-corrected chi connectivity index (χ2v) is 11.1. The van der Waals surface area contributed by atoms with E-state index in [-0.39, 0.29) is 11.9 Å². The van der Waals surface area contributed by atoms with E-state index in [4.69, 9.17) is 21.7 Å². The number of benzene rings is 2. The molecule has 2 aliphatic rings. The van der Waals surface area contributed by atoms with E-state index in [1.54, 1.807) is 7.11 Å². The Kier molecular flexibility index (Phi) is 8.51. The number of hydrogen-bond acceptors (Lipinski definition) is 5. The summed E-state index contributed by atoms with van der Waals surface area (Å²) >= 11 is 10.4. The van der Waals surface area contributed by atoms with Crippen molar-refractivity contribution in [2.24, 2.45) is 0 Å². The van der Waals surface area contributed by atoms with Gasteiger partial charge in [-0.05, 0) is 60.7 Å². The van der Waals surface area contributed by atoms with E-state index in [1.807, 2.05) is 53.5 Å². The zero-order valence-corrected chi connectivity index (χ0v) is 22.4. The zero-order valence-electron chi connectivity index (χ0n) is 19.2. The number of rotatable bonds is 8. The first kappa shape index (κ1) is 25.0. The number of hydrogen-bond donors (Lipinski definition) is 0.